The Bertz CT molecular complexity index is 668. The van der Waals surface area contributed by atoms with Crippen LogP contribution in [-0.2, 0) is 0 Å². The maximum Gasteiger partial charge on any atom is 0.190 e. The lowest BCUT2D eigenvalue weighted by Crippen LogP contribution is -2.07. The largest absolute Gasteiger partial charge is 0.493 e. The minimum Gasteiger partial charge on any atom is -0.493 e. The van der Waals surface area contributed by atoms with Crippen LogP contribution in [0.4, 0.5) is 0 Å². The van der Waals surface area contributed by atoms with Crippen LogP contribution in [0.1, 0.15) is 35.7 Å². The molecule has 2 heteroatoms. The highest BCUT2D eigenvalue weighted by Gasteiger charge is 2.19. The summed E-state index contributed by atoms with van der Waals surface area (Å²) in [6, 6.07) is 10.0. The molecule has 3 rings (SSSR count). The van der Waals surface area contributed by atoms with Gasteiger partial charge in [-0.2, -0.15) is 0 Å². The molecule has 0 N–H and O–H groups in total. The van der Waals surface area contributed by atoms with Crippen molar-refractivity contribution in [1.82, 2.24) is 0 Å². The topological polar surface area (TPSA) is 26.3 Å². The third kappa shape index (κ3) is 2.03. The molecule has 0 spiro atoms. The first-order valence-corrected chi connectivity index (χ1v) is 6.72. The molecule has 0 aromatic heterocycles. The summed E-state index contributed by atoms with van der Waals surface area (Å²) >= 11 is 0. The molecular weight excluding hydrogens is 236 g/mol. The van der Waals surface area contributed by atoms with E-state index in [1.165, 1.54) is 0 Å². The summed E-state index contributed by atoms with van der Waals surface area (Å²) in [6.45, 7) is 2.79. The number of carbonyl (C=O) groups is 1. The molecule has 2 nitrogen and oxygen atoms in total. The number of rotatable bonds is 4. The molecule has 0 saturated carbocycles. The molecular formula is C17H16O2. The van der Waals surface area contributed by atoms with Gasteiger partial charge in [-0.05, 0) is 29.5 Å². The molecule has 0 saturated heterocycles. The standard InChI is InChI=1S/C17H16O2/c1-2-3-11-19-15-10-8-13-6-4-5-12-7-9-14(18)17(15)16(12)13/h4-10H,2-3,11H2,1H3. The second-order valence-corrected chi connectivity index (χ2v) is 4.78. The Morgan fingerprint density at radius 3 is 2.84 bits per heavy atom. The van der Waals surface area contributed by atoms with Gasteiger partial charge in [0, 0.05) is 5.39 Å². The number of ketones is 1. The molecule has 0 atom stereocenters. The zero-order valence-corrected chi connectivity index (χ0v) is 11.0. The second kappa shape index (κ2) is 4.88. The second-order valence-electron chi connectivity index (χ2n) is 4.78. The summed E-state index contributed by atoms with van der Waals surface area (Å²) in [6.07, 6.45) is 5.60. The lowest BCUT2D eigenvalue weighted by atomic mass is 9.91. The van der Waals surface area contributed by atoms with Crippen LogP contribution >= 0.6 is 0 Å². The van der Waals surface area contributed by atoms with Crippen LogP contribution in [0.25, 0.3) is 16.8 Å². The maximum absolute atomic E-state index is 12.2. The number of ether oxygens (including phenoxy) is 1. The number of hydrogen-bond acceptors (Lipinski definition) is 2. The molecule has 0 heterocycles. The number of hydrogen-bond donors (Lipinski definition) is 0. The molecule has 0 aliphatic heterocycles. The SMILES string of the molecule is CCCCOc1ccc2cccc3c2c1C(=O)C=C3. The first-order valence-electron chi connectivity index (χ1n) is 6.72. The summed E-state index contributed by atoms with van der Waals surface area (Å²) in [7, 11) is 0. The quantitative estimate of drug-likeness (QED) is 0.761. The van der Waals surface area contributed by atoms with Gasteiger partial charge in [0.25, 0.3) is 0 Å². The number of benzene rings is 2. The minimum atomic E-state index is 0.0378. The lowest BCUT2D eigenvalue weighted by molar-refractivity contribution is 0.104. The molecule has 0 fully saturated rings. The van der Waals surface area contributed by atoms with Crippen molar-refractivity contribution in [2.45, 2.75) is 19.8 Å². The van der Waals surface area contributed by atoms with Gasteiger partial charge in [0.1, 0.15) is 5.75 Å². The molecule has 2 aromatic carbocycles. The van der Waals surface area contributed by atoms with Crippen LogP contribution in [-0.4, -0.2) is 12.4 Å². The van der Waals surface area contributed by atoms with Crippen molar-refractivity contribution in [3.05, 3.63) is 47.5 Å². The number of unbranched alkanes of at least 4 members (excludes halogenated alkanes) is 1. The monoisotopic (exact) mass is 252 g/mol. The fourth-order valence-electron chi connectivity index (χ4n) is 2.47. The summed E-state index contributed by atoms with van der Waals surface area (Å²) in [4.78, 5) is 12.2. The normalized spacial score (nSPS) is 13.0. The van der Waals surface area contributed by atoms with Crippen molar-refractivity contribution >= 4 is 22.6 Å². The van der Waals surface area contributed by atoms with E-state index in [0.29, 0.717) is 17.9 Å². The molecule has 1 aliphatic rings. The fourth-order valence-corrected chi connectivity index (χ4v) is 2.47. The van der Waals surface area contributed by atoms with Gasteiger partial charge >= 0.3 is 0 Å². The van der Waals surface area contributed by atoms with E-state index in [1.54, 1.807) is 6.08 Å². The Kier molecular flexibility index (Phi) is 3.08. The zero-order valence-electron chi connectivity index (χ0n) is 11.0. The maximum atomic E-state index is 12.2. The van der Waals surface area contributed by atoms with Crippen LogP contribution in [0.2, 0.25) is 0 Å². The molecule has 96 valence electrons. The summed E-state index contributed by atoms with van der Waals surface area (Å²) in [5, 5.41) is 2.11. The van der Waals surface area contributed by atoms with Gasteiger partial charge in [-0.15, -0.1) is 0 Å². The van der Waals surface area contributed by atoms with Crippen LogP contribution in [0.5, 0.6) is 5.75 Å². The van der Waals surface area contributed by atoms with Crippen LogP contribution in [0, 0.1) is 0 Å². The average molecular weight is 252 g/mol. The van der Waals surface area contributed by atoms with Gasteiger partial charge in [0.2, 0.25) is 0 Å². The van der Waals surface area contributed by atoms with Crippen molar-refractivity contribution in [3.8, 4) is 5.75 Å². The van der Waals surface area contributed by atoms with Gasteiger partial charge in [-0.1, -0.05) is 43.7 Å². The van der Waals surface area contributed by atoms with Crippen molar-refractivity contribution < 1.29 is 9.53 Å². The van der Waals surface area contributed by atoms with Crippen molar-refractivity contribution in [2.24, 2.45) is 0 Å². The summed E-state index contributed by atoms with van der Waals surface area (Å²) in [5.74, 6) is 0.749. The Morgan fingerprint density at radius 2 is 2.00 bits per heavy atom. The Labute approximate surface area is 112 Å². The minimum absolute atomic E-state index is 0.0378. The van der Waals surface area contributed by atoms with E-state index in [-0.39, 0.29) is 5.78 Å². The predicted octanol–water partition coefficient (Wildman–Crippen LogP) is 4.23. The van der Waals surface area contributed by atoms with E-state index in [1.807, 2.05) is 36.4 Å². The fraction of sp³-hybridized carbons (Fsp3) is 0.235. The first kappa shape index (κ1) is 12.0. The van der Waals surface area contributed by atoms with E-state index >= 15 is 0 Å². The lowest BCUT2D eigenvalue weighted by Gasteiger charge is -2.16. The average Bonchev–Trinajstić information content (AvgIpc) is 2.44. The Morgan fingerprint density at radius 1 is 1.11 bits per heavy atom. The molecule has 1 aliphatic carbocycles. The van der Waals surface area contributed by atoms with E-state index in [4.69, 9.17) is 4.74 Å². The Hall–Kier alpha value is -2.09. The van der Waals surface area contributed by atoms with Crippen molar-refractivity contribution in [3.63, 3.8) is 0 Å². The van der Waals surface area contributed by atoms with Gasteiger partial charge in [0.05, 0.1) is 12.2 Å². The number of allylic oxidation sites excluding steroid dienone is 1. The van der Waals surface area contributed by atoms with Crippen LogP contribution in [0.3, 0.4) is 0 Å². The van der Waals surface area contributed by atoms with Crippen LogP contribution in [0.15, 0.2) is 36.4 Å². The van der Waals surface area contributed by atoms with E-state index in [0.717, 1.165) is 29.2 Å². The predicted molar refractivity (Wildman–Crippen MR) is 77.7 cm³/mol. The summed E-state index contributed by atoms with van der Waals surface area (Å²) < 4.78 is 5.78. The third-order valence-corrected chi connectivity index (χ3v) is 3.46. The molecule has 2 aromatic rings. The molecule has 0 radical (unpaired) electrons. The molecule has 19 heavy (non-hydrogen) atoms. The highest BCUT2D eigenvalue weighted by atomic mass is 16.5. The zero-order chi connectivity index (χ0) is 13.2. The highest BCUT2D eigenvalue weighted by molar-refractivity contribution is 6.21. The van der Waals surface area contributed by atoms with Crippen LogP contribution < -0.4 is 4.74 Å². The summed E-state index contributed by atoms with van der Waals surface area (Å²) in [5.41, 5.74) is 1.81. The number of carbonyl (C=O) groups excluding carboxylic acids is 1. The van der Waals surface area contributed by atoms with Gasteiger partial charge in [0.15, 0.2) is 5.78 Å². The van der Waals surface area contributed by atoms with Gasteiger partial charge < -0.3 is 4.74 Å². The molecule has 0 amide bonds. The first-order chi connectivity index (χ1) is 9.31. The van der Waals surface area contributed by atoms with E-state index < -0.39 is 0 Å². The third-order valence-electron chi connectivity index (χ3n) is 3.46. The van der Waals surface area contributed by atoms with Crippen molar-refractivity contribution in [2.75, 3.05) is 6.61 Å². The van der Waals surface area contributed by atoms with Crippen molar-refractivity contribution in [1.29, 1.82) is 0 Å². The van der Waals surface area contributed by atoms with E-state index in [2.05, 4.69) is 6.92 Å². The van der Waals surface area contributed by atoms with Gasteiger partial charge in [-0.3, -0.25) is 4.79 Å². The smallest absolute Gasteiger partial charge is 0.190 e. The highest BCUT2D eigenvalue weighted by Crippen LogP contribution is 2.34. The molecule has 0 unspecified atom stereocenters. The molecule has 0 bridgehead atoms. The Balaban J connectivity index is 2.14. The van der Waals surface area contributed by atoms with Gasteiger partial charge in [-0.25, -0.2) is 0 Å². The van der Waals surface area contributed by atoms with E-state index in [9.17, 15) is 4.79 Å².